The Labute approximate surface area is 423 Å². The second-order valence-corrected chi connectivity index (χ2v) is 17.9. The third-order valence-corrected chi connectivity index (χ3v) is 14.2. The van der Waals surface area contributed by atoms with Crippen molar-refractivity contribution in [3.05, 3.63) is 257 Å². The highest BCUT2D eigenvalue weighted by Gasteiger charge is 2.52. The van der Waals surface area contributed by atoms with Crippen molar-refractivity contribution in [3.8, 4) is 11.1 Å². The summed E-state index contributed by atoms with van der Waals surface area (Å²) in [4.78, 5) is 2.47. The highest BCUT2D eigenvalue weighted by Crippen LogP contribution is 2.64. The van der Waals surface area contributed by atoms with E-state index in [0.29, 0.717) is 0 Å². The fraction of sp³-hybridized carbons (Fsp3) is 0.206. The molecule has 4 aliphatic rings. The van der Waals surface area contributed by atoms with Crippen LogP contribution >= 0.6 is 0 Å². The van der Waals surface area contributed by atoms with E-state index in [1.165, 1.54) is 89.2 Å². The summed E-state index contributed by atoms with van der Waals surface area (Å²) in [5.41, 5.74) is 21.2. The predicted octanol–water partition coefficient (Wildman–Crippen LogP) is 19.6. The lowest BCUT2D eigenvalue weighted by atomic mass is 9.62. The number of nitrogens with zero attached hydrogens (tertiary/aromatic N) is 1. The molecule has 12 rings (SSSR count). The molecular weight excluding hydrogens is 861 g/mol. The van der Waals surface area contributed by atoms with Gasteiger partial charge in [0.05, 0.1) is 16.8 Å². The molecule has 1 N–H and O–H groups in total. The van der Waals surface area contributed by atoms with Crippen molar-refractivity contribution in [3.63, 3.8) is 0 Å². The van der Waals surface area contributed by atoms with Gasteiger partial charge >= 0.3 is 0 Å². The van der Waals surface area contributed by atoms with Crippen LogP contribution in [0.4, 0.5) is 22.7 Å². The minimum Gasteiger partial charge on any atom is -0.460 e. The third kappa shape index (κ3) is 8.95. The monoisotopic (exact) mass is 929 g/mol. The van der Waals surface area contributed by atoms with Crippen molar-refractivity contribution in [2.45, 2.75) is 91.9 Å². The Morgan fingerprint density at radius 3 is 1.99 bits per heavy atom. The largest absolute Gasteiger partial charge is 0.460 e. The fourth-order valence-electron chi connectivity index (χ4n) is 11.2. The summed E-state index contributed by atoms with van der Waals surface area (Å²) in [7, 11) is 0. The topological polar surface area (TPSA) is 28.4 Å². The highest BCUT2D eigenvalue weighted by atomic mass is 16.3. The number of anilines is 4. The normalized spacial score (nSPS) is 15.0. The maximum atomic E-state index is 6.37. The van der Waals surface area contributed by atoms with Crippen LogP contribution in [0.15, 0.2) is 216 Å². The molecule has 71 heavy (non-hydrogen) atoms. The van der Waals surface area contributed by atoms with Gasteiger partial charge in [0.15, 0.2) is 0 Å². The lowest BCUT2D eigenvalue weighted by Gasteiger charge is -2.46. The number of para-hydroxylation sites is 3. The molecule has 356 valence electrons. The number of fused-ring (bicyclic) bond motifs is 11. The first-order valence-corrected chi connectivity index (χ1v) is 26.2. The molecule has 0 amide bonds. The smallest absolute Gasteiger partial charge is 0.134 e. The lowest BCUT2D eigenvalue weighted by Crippen LogP contribution is -2.37. The quantitative estimate of drug-likeness (QED) is 0.146. The maximum Gasteiger partial charge on any atom is 0.134 e. The number of nitrogens with one attached hydrogen (secondary N) is 1. The molecule has 0 saturated heterocycles. The van der Waals surface area contributed by atoms with Crippen molar-refractivity contribution in [2.24, 2.45) is 0 Å². The number of furan rings is 1. The highest BCUT2D eigenvalue weighted by molar-refractivity contribution is 5.98. The van der Waals surface area contributed by atoms with Crippen LogP contribution in [-0.2, 0) is 11.8 Å². The molecule has 1 aromatic heterocycles. The van der Waals surface area contributed by atoms with Crippen molar-refractivity contribution in [2.75, 3.05) is 10.2 Å². The summed E-state index contributed by atoms with van der Waals surface area (Å²) in [5, 5.41) is 4.72. The number of hydrogen-bond donors (Lipinski definition) is 1. The number of aryl methyl sites for hydroxylation is 1. The van der Waals surface area contributed by atoms with Gasteiger partial charge in [-0.05, 0) is 147 Å². The van der Waals surface area contributed by atoms with E-state index in [2.05, 4.69) is 230 Å². The Bertz CT molecular complexity index is 3220. The van der Waals surface area contributed by atoms with Crippen molar-refractivity contribution >= 4 is 50.9 Å². The third-order valence-electron chi connectivity index (χ3n) is 14.2. The van der Waals surface area contributed by atoms with E-state index < -0.39 is 5.41 Å². The number of hydrogen-bond acceptors (Lipinski definition) is 3. The van der Waals surface area contributed by atoms with Gasteiger partial charge in [0, 0.05) is 34.9 Å². The number of allylic oxidation sites excluding steroid dienone is 8. The molecule has 8 aromatic rings. The summed E-state index contributed by atoms with van der Waals surface area (Å²) in [6, 6.07) is 62.6. The molecule has 1 unspecified atom stereocenters. The molecule has 3 heteroatoms. The van der Waals surface area contributed by atoms with Gasteiger partial charge in [0.2, 0.25) is 0 Å². The number of rotatable bonds is 9. The van der Waals surface area contributed by atoms with Gasteiger partial charge in [-0.3, -0.25) is 0 Å². The van der Waals surface area contributed by atoms with Crippen molar-refractivity contribution in [1.29, 1.82) is 0 Å². The second-order valence-electron chi connectivity index (χ2n) is 17.9. The van der Waals surface area contributed by atoms with Crippen LogP contribution in [-0.4, -0.2) is 0 Å². The summed E-state index contributed by atoms with van der Waals surface area (Å²) in [6.45, 7) is 14.4. The predicted molar refractivity (Wildman–Crippen MR) is 306 cm³/mol. The minimum absolute atomic E-state index is 0.229. The molecular formula is C68H68N2O. The van der Waals surface area contributed by atoms with E-state index in [4.69, 9.17) is 4.42 Å². The number of benzene rings is 7. The fourth-order valence-corrected chi connectivity index (χ4v) is 11.2. The van der Waals surface area contributed by atoms with Gasteiger partial charge in [-0.1, -0.05) is 200 Å². The van der Waals surface area contributed by atoms with E-state index in [0.717, 1.165) is 49.1 Å². The first-order chi connectivity index (χ1) is 35.1. The van der Waals surface area contributed by atoms with Gasteiger partial charge in [-0.15, -0.1) is 0 Å². The van der Waals surface area contributed by atoms with Gasteiger partial charge < -0.3 is 14.6 Å². The van der Waals surface area contributed by atoms with Gasteiger partial charge in [0.25, 0.3) is 0 Å². The van der Waals surface area contributed by atoms with Crippen LogP contribution in [0.1, 0.15) is 125 Å². The summed E-state index contributed by atoms with van der Waals surface area (Å²) in [6.07, 6.45) is 20.7. The minimum atomic E-state index is -0.408. The van der Waals surface area contributed by atoms with Gasteiger partial charge in [-0.2, -0.15) is 0 Å². The standard InChI is InChI=1S/C62H50N2O.3C2H6/c1-42(39-46(47-33-37-61-53(40-47)52-23-9-15-29-60(52)65-61)19-16-38-63-48-34-30-44(31-35-48)43-17-4-2-5-18-43)45-32-36-51-50-22-8-10-24-54(50)62(57(51)41-45)55-25-11-13-27-58(55)64(49-20-6-3-7-21-49)59-28-14-12-26-56(59)62;3*1-2/h2-9,11-14,16-23,25-28,30-38,40-42,63H,10,15,24,29,39H2,1H3;3*1-2H3/b38-16+,46-19+;;;. The van der Waals surface area contributed by atoms with Crippen molar-refractivity contribution in [1.82, 2.24) is 0 Å². The summed E-state index contributed by atoms with van der Waals surface area (Å²) < 4.78 is 6.37. The van der Waals surface area contributed by atoms with Crippen LogP contribution in [0.3, 0.4) is 0 Å². The molecule has 0 saturated carbocycles. The van der Waals surface area contributed by atoms with Crippen LogP contribution in [0.2, 0.25) is 0 Å². The molecule has 3 nitrogen and oxygen atoms in total. The molecule has 0 bridgehead atoms. The van der Waals surface area contributed by atoms with E-state index in [1.54, 1.807) is 0 Å². The second kappa shape index (κ2) is 22.0. The van der Waals surface area contributed by atoms with Crippen LogP contribution in [0.25, 0.3) is 39.3 Å². The van der Waals surface area contributed by atoms with E-state index in [1.807, 2.05) is 41.5 Å². The van der Waals surface area contributed by atoms with Crippen LogP contribution in [0, 0.1) is 0 Å². The van der Waals surface area contributed by atoms with Crippen LogP contribution in [0.5, 0.6) is 0 Å². The zero-order valence-electron chi connectivity index (χ0n) is 42.7. The molecule has 3 aliphatic carbocycles. The summed E-state index contributed by atoms with van der Waals surface area (Å²) >= 11 is 0. The van der Waals surface area contributed by atoms with E-state index in [9.17, 15) is 0 Å². The molecule has 0 radical (unpaired) electrons. The first-order valence-electron chi connectivity index (χ1n) is 26.2. The Hall–Kier alpha value is -7.62. The molecule has 2 heterocycles. The zero-order valence-corrected chi connectivity index (χ0v) is 42.7. The van der Waals surface area contributed by atoms with E-state index in [-0.39, 0.29) is 5.92 Å². The van der Waals surface area contributed by atoms with Gasteiger partial charge in [0.1, 0.15) is 11.3 Å². The van der Waals surface area contributed by atoms with E-state index >= 15 is 0 Å². The Morgan fingerprint density at radius 2 is 1.27 bits per heavy atom. The van der Waals surface area contributed by atoms with Crippen LogP contribution < -0.4 is 10.2 Å². The average Bonchev–Trinajstić information content (AvgIpc) is 3.97. The lowest BCUT2D eigenvalue weighted by molar-refractivity contribution is 0.546. The molecule has 1 spiro atoms. The SMILES string of the molecule is CC.CC.CC.CC(C/C(=C\C=C\Nc1ccc(-c2ccccc2)cc1)c1ccc2oc3c(c2c1)C=CCC3)c1ccc2c(c1)C1(C3=C2C=CCC3)c2ccccc2N(c2ccccc2)c2ccccc21. The Morgan fingerprint density at radius 1 is 0.634 bits per heavy atom. The molecule has 0 fully saturated rings. The first kappa shape index (κ1) is 48.4. The van der Waals surface area contributed by atoms with Gasteiger partial charge in [-0.25, -0.2) is 0 Å². The zero-order chi connectivity index (χ0) is 49.3. The Balaban J connectivity index is 0.00000100. The molecule has 7 aromatic carbocycles. The van der Waals surface area contributed by atoms with Crippen molar-refractivity contribution < 1.29 is 4.42 Å². The Kier molecular flexibility index (Phi) is 15.0. The summed E-state index contributed by atoms with van der Waals surface area (Å²) in [5.74, 6) is 1.32. The average molecular weight is 929 g/mol. The maximum absolute atomic E-state index is 6.37. The molecule has 1 atom stereocenters. The molecule has 1 aliphatic heterocycles.